The van der Waals surface area contributed by atoms with Gasteiger partial charge in [-0.15, -0.1) is 12.2 Å². The minimum Gasteiger partial charge on any atom is -0.681 e. The summed E-state index contributed by atoms with van der Waals surface area (Å²) in [6.07, 6.45) is 1.89. The lowest BCUT2D eigenvalue weighted by molar-refractivity contribution is 1.39. The number of fused-ring (bicyclic) bond motifs is 1. The van der Waals surface area contributed by atoms with Gasteiger partial charge in [0.15, 0.2) is 0 Å². The Morgan fingerprint density at radius 1 is 1.25 bits per heavy atom. The standard InChI is InChI=1S/C9H6Cl2N/c10-6-1-2-7-8(11)3-4-12-9(7)5-6/h1-3,5H,4H2/q-1. The lowest BCUT2D eigenvalue weighted by Gasteiger charge is -2.27. The molecule has 1 aromatic rings. The van der Waals surface area contributed by atoms with Crippen LogP contribution in [0.15, 0.2) is 24.3 Å². The molecule has 0 amide bonds. The third kappa shape index (κ3) is 1.30. The summed E-state index contributed by atoms with van der Waals surface area (Å²) in [4.78, 5) is 0. The summed E-state index contributed by atoms with van der Waals surface area (Å²) in [7, 11) is 0. The zero-order chi connectivity index (χ0) is 8.55. The summed E-state index contributed by atoms with van der Waals surface area (Å²) in [5, 5.41) is 5.72. The summed E-state index contributed by atoms with van der Waals surface area (Å²) >= 11 is 11.8. The predicted molar refractivity (Wildman–Crippen MR) is 53.2 cm³/mol. The molecule has 1 aliphatic heterocycles. The van der Waals surface area contributed by atoms with Gasteiger partial charge in [-0.05, 0) is 11.6 Å². The van der Waals surface area contributed by atoms with Crippen LogP contribution in [0.25, 0.3) is 10.3 Å². The summed E-state index contributed by atoms with van der Waals surface area (Å²) in [6, 6.07) is 5.53. The summed E-state index contributed by atoms with van der Waals surface area (Å²) in [6.45, 7) is 0.645. The second-order valence-corrected chi connectivity index (χ2v) is 3.40. The van der Waals surface area contributed by atoms with Crippen molar-refractivity contribution in [3.63, 3.8) is 0 Å². The second-order valence-electron chi connectivity index (χ2n) is 2.55. The molecule has 0 bridgehead atoms. The zero-order valence-corrected chi connectivity index (χ0v) is 7.73. The lowest BCUT2D eigenvalue weighted by Crippen LogP contribution is -1.89. The fraction of sp³-hybridized carbons (Fsp3) is 0.111. The molecule has 2 rings (SSSR count). The van der Waals surface area contributed by atoms with Gasteiger partial charge in [0, 0.05) is 10.1 Å². The van der Waals surface area contributed by atoms with Crippen LogP contribution >= 0.6 is 23.2 Å². The highest BCUT2D eigenvalue weighted by atomic mass is 35.5. The highest BCUT2D eigenvalue weighted by Gasteiger charge is 2.02. The van der Waals surface area contributed by atoms with Crippen LogP contribution < -0.4 is 0 Å². The van der Waals surface area contributed by atoms with Gasteiger partial charge >= 0.3 is 0 Å². The van der Waals surface area contributed by atoms with E-state index in [2.05, 4.69) is 5.32 Å². The van der Waals surface area contributed by atoms with Crippen LogP contribution in [0.4, 0.5) is 5.69 Å². The predicted octanol–water partition coefficient (Wildman–Crippen LogP) is 3.94. The Hall–Kier alpha value is -0.660. The first-order valence-electron chi connectivity index (χ1n) is 3.60. The molecular formula is C9H6Cl2N-. The molecule has 12 heavy (non-hydrogen) atoms. The van der Waals surface area contributed by atoms with Gasteiger partial charge in [-0.25, -0.2) is 0 Å². The molecule has 0 unspecified atom stereocenters. The van der Waals surface area contributed by atoms with E-state index in [1.54, 1.807) is 0 Å². The van der Waals surface area contributed by atoms with Crippen LogP contribution in [0.5, 0.6) is 0 Å². The fourth-order valence-electron chi connectivity index (χ4n) is 1.17. The molecule has 1 nitrogen and oxygen atoms in total. The average molecular weight is 199 g/mol. The van der Waals surface area contributed by atoms with Gasteiger partial charge in [-0.2, -0.15) is 0 Å². The van der Waals surface area contributed by atoms with E-state index in [0.29, 0.717) is 11.6 Å². The van der Waals surface area contributed by atoms with Gasteiger partial charge < -0.3 is 5.32 Å². The van der Waals surface area contributed by atoms with Crippen LogP contribution in [0.3, 0.4) is 0 Å². The van der Waals surface area contributed by atoms with Gasteiger partial charge in [0.25, 0.3) is 0 Å². The quantitative estimate of drug-likeness (QED) is 0.600. The third-order valence-electron chi connectivity index (χ3n) is 1.75. The lowest BCUT2D eigenvalue weighted by atomic mass is 10.1. The molecule has 0 saturated carbocycles. The van der Waals surface area contributed by atoms with Crippen molar-refractivity contribution in [1.82, 2.24) is 0 Å². The minimum absolute atomic E-state index is 0.645. The van der Waals surface area contributed by atoms with Gasteiger partial charge in [-0.3, -0.25) is 0 Å². The van der Waals surface area contributed by atoms with Crippen molar-refractivity contribution in [2.24, 2.45) is 0 Å². The maximum atomic E-state index is 5.96. The van der Waals surface area contributed by atoms with Crippen molar-refractivity contribution in [2.45, 2.75) is 0 Å². The van der Waals surface area contributed by atoms with Crippen LogP contribution in [-0.4, -0.2) is 6.54 Å². The minimum atomic E-state index is 0.645. The average Bonchev–Trinajstić information content (AvgIpc) is 2.04. The molecule has 0 spiro atoms. The van der Waals surface area contributed by atoms with Gasteiger partial charge in [0.05, 0.1) is 0 Å². The van der Waals surface area contributed by atoms with E-state index in [4.69, 9.17) is 23.2 Å². The van der Waals surface area contributed by atoms with E-state index in [1.165, 1.54) is 0 Å². The Morgan fingerprint density at radius 3 is 2.92 bits per heavy atom. The first-order valence-corrected chi connectivity index (χ1v) is 4.36. The first-order chi connectivity index (χ1) is 5.77. The van der Waals surface area contributed by atoms with Crippen molar-refractivity contribution < 1.29 is 0 Å². The summed E-state index contributed by atoms with van der Waals surface area (Å²) in [5.74, 6) is 0. The maximum absolute atomic E-state index is 5.96. The number of rotatable bonds is 0. The van der Waals surface area contributed by atoms with Gasteiger partial charge in [0.1, 0.15) is 0 Å². The first kappa shape index (κ1) is 7.96. The van der Waals surface area contributed by atoms with Crippen LogP contribution in [-0.2, 0) is 0 Å². The molecule has 0 N–H and O–H groups in total. The molecule has 0 radical (unpaired) electrons. The Bertz CT molecular complexity index is 344. The fourth-order valence-corrected chi connectivity index (χ4v) is 1.57. The Kier molecular flexibility index (Phi) is 1.99. The summed E-state index contributed by atoms with van der Waals surface area (Å²) < 4.78 is 0. The monoisotopic (exact) mass is 198 g/mol. The van der Waals surface area contributed by atoms with Crippen molar-refractivity contribution in [3.05, 3.63) is 40.2 Å². The molecule has 1 heterocycles. The van der Waals surface area contributed by atoms with Crippen LogP contribution in [0.2, 0.25) is 5.02 Å². The molecular weight excluding hydrogens is 193 g/mol. The molecule has 0 aliphatic carbocycles. The van der Waals surface area contributed by atoms with Crippen molar-refractivity contribution in [2.75, 3.05) is 6.54 Å². The van der Waals surface area contributed by atoms with E-state index in [0.717, 1.165) is 16.3 Å². The van der Waals surface area contributed by atoms with Crippen molar-refractivity contribution >= 4 is 33.9 Å². The molecule has 1 aromatic carbocycles. The second kappa shape index (κ2) is 3.00. The van der Waals surface area contributed by atoms with E-state index >= 15 is 0 Å². The maximum Gasteiger partial charge on any atom is 0.0411 e. The van der Waals surface area contributed by atoms with Crippen LogP contribution in [0, 0.1) is 0 Å². The number of halogens is 2. The van der Waals surface area contributed by atoms with Gasteiger partial charge in [0.2, 0.25) is 0 Å². The van der Waals surface area contributed by atoms with Gasteiger partial charge in [-0.1, -0.05) is 41.4 Å². The molecule has 0 saturated heterocycles. The molecule has 62 valence electrons. The van der Waals surface area contributed by atoms with E-state index < -0.39 is 0 Å². The molecule has 0 aromatic heterocycles. The normalized spacial score (nSPS) is 14.7. The third-order valence-corrected chi connectivity index (χ3v) is 2.34. The molecule has 1 aliphatic rings. The zero-order valence-electron chi connectivity index (χ0n) is 6.22. The SMILES string of the molecule is ClC1=CC[N-]c2cc(Cl)ccc21. The Balaban J connectivity index is 2.56. The highest BCUT2D eigenvalue weighted by Crippen LogP contribution is 2.37. The molecule has 0 fully saturated rings. The highest BCUT2D eigenvalue weighted by molar-refractivity contribution is 6.49. The van der Waals surface area contributed by atoms with Crippen LogP contribution in [0.1, 0.15) is 5.56 Å². The molecule has 3 heteroatoms. The smallest absolute Gasteiger partial charge is 0.0411 e. The van der Waals surface area contributed by atoms with Crippen molar-refractivity contribution in [1.29, 1.82) is 0 Å². The number of benzene rings is 1. The number of hydrogen-bond donors (Lipinski definition) is 0. The van der Waals surface area contributed by atoms with E-state index in [-0.39, 0.29) is 0 Å². The Labute approximate surface area is 81.0 Å². The number of hydrogen-bond acceptors (Lipinski definition) is 0. The Morgan fingerprint density at radius 2 is 2.08 bits per heavy atom. The topological polar surface area (TPSA) is 14.1 Å². The largest absolute Gasteiger partial charge is 0.681 e. The van der Waals surface area contributed by atoms with Crippen molar-refractivity contribution in [3.8, 4) is 0 Å². The van der Waals surface area contributed by atoms with E-state index in [9.17, 15) is 0 Å². The summed E-state index contributed by atoms with van der Waals surface area (Å²) in [5.41, 5.74) is 1.85. The van der Waals surface area contributed by atoms with E-state index in [1.807, 2.05) is 24.3 Å². The number of nitrogens with zero attached hydrogens (tertiary/aromatic N) is 1. The molecule has 0 atom stereocenters.